The number of aromatic nitrogens is 2. The smallest absolute Gasteiger partial charge is 0.145 e. The second kappa shape index (κ2) is 4.81. The van der Waals surface area contributed by atoms with Gasteiger partial charge < -0.3 is 10.5 Å². The normalized spacial score (nSPS) is 10.6. The molecule has 0 atom stereocenters. The maximum atomic E-state index is 5.58. The van der Waals surface area contributed by atoms with Gasteiger partial charge in [-0.25, -0.2) is 0 Å². The molecule has 0 amide bonds. The van der Waals surface area contributed by atoms with Gasteiger partial charge in [0.25, 0.3) is 0 Å². The lowest BCUT2D eigenvalue weighted by molar-refractivity contribution is 0.102. The Hall–Kier alpha value is -1.81. The zero-order valence-corrected chi connectivity index (χ0v) is 9.26. The number of nitrogens with zero attached hydrogens (tertiary/aromatic N) is 2. The number of nitrogens with two attached hydrogens (primary N) is 1. The number of benzene rings is 1. The molecular weight excluding hydrogens is 202 g/mol. The Balaban J connectivity index is 1.87. The summed E-state index contributed by atoms with van der Waals surface area (Å²) in [6, 6.07) is 11.9. The van der Waals surface area contributed by atoms with Gasteiger partial charge >= 0.3 is 0 Å². The quantitative estimate of drug-likeness (QED) is 0.848. The SMILES string of the molecule is Cn1nc(N)cc1COCc1ccccc1. The lowest BCUT2D eigenvalue weighted by atomic mass is 10.2. The Morgan fingerprint density at radius 3 is 2.62 bits per heavy atom. The van der Waals surface area contributed by atoms with Gasteiger partial charge in [-0.1, -0.05) is 30.3 Å². The van der Waals surface area contributed by atoms with Crippen LogP contribution in [0.3, 0.4) is 0 Å². The molecule has 0 aliphatic carbocycles. The molecule has 1 heterocycles. The van der Waals surface area contributed by atoms with Gasteiger partial charge in [0.15, 0.2) is 0 Å². The van der Waals surface area contributed by atoms with Gasteiger partial charge in [0.1, 0.15) is 5.82 Å². The van der Waals surface area contributed by atoms with Crippen molar-refractivity contribution in [3.05, 3.63) is 47.7 Å². The molecule has 0 aliphatic heterocycles. The molecule has 0 saturated carbocycles. The molecule has 2 aromatic rings. The molecule has 0 fully saturated rings. The third-order valence-corrected chi connectivity index (χ3v) is 2.36. The van der Waals surface area contributed by atoms with Crippen LogP contribution < -0.4 is 5.73 Å². The van der Waals surface area contributed by atoms with E-state index in [1.807, 2.05) is 43.4 Å². The molecule has 0 saturated heterocycles. The summed E-state index contributed by atoms with van der Waals surface area (Å²) in [7, 11) is 1.86. The van der Waals surface area contributed by atoms with E-state index in [4.69, 9.17) is 10.5 Å². The van der Waals surface area contributed by atoms with E-state index in [0.29, 0.717) is 19.0 Å². The van der Waals surface area contributed by atoms with Crippen LogP contribution in [-0.2, 0) is 25.0 Å². The van der Waals surface area contributed by atoms with E-state index < -0.39 is 0 Å². The highest BCUT2D eigenvalue weighted by atomic mass is 16.5. The molecule has 84 valence electrons. The molecule has 0 aliphatic rings. The molecule has 0 unspecified atom stereocenters. The molecule has 16 heavy (non-hydrogen) atoms. The van der Waals surface area contributed by atoms with Crippen molar-refractivity contribution < 1.29 is 4.74 Å². The lowest BCUT2D eigenvalue weighted by Crippen LogP contribution is -2.01. The molecule has 0 radical (unpaired) electrons. The van der Waals surface area contributed by atoms with Crippen molar-refractivity contribution in [2.45, 2.75) is 13.2 Å². The minimum absolute atomic E-state index is 0.523. The lowest BCUT2D eigenvalue weighted by Gasteiger charge is -2.04. The van der Waals surface area contributed by atoms with Crippen LogP contribution in [0.1, 0.15) is 11.3 Å². The van der Waals surface area contributed by atoms with Crippen molar-refractivity contribution in [2.24, 2.45) is 7.05 Å². The second-order valence-electron chi connectivity index (χ2n) is 3.66. The van der Waals surface area contributed by atoms with Crippen LogP contribution in [-0.4, -0.2) is 9.78 Å². The molecule has 2 N–H and O–H groups in total. The highest BCUT2D eigenvalue weighted by Crippen LogP contribution is 2.08. The van der Waals surface area contributed by atoms with E-state index in [1.165, 1.54) is 0 Å². The molecule has 1 aromatic carbocycles. The van der Waals surface area contributed by atoms with E-state index in [1.54, 1.807) is 4.68 Å². The molecular formula is C12H15N3O. The number of aryl methyl sites for hydroxylation is 1. The summed E-state index contributed by atoms with van der Waals surface area (Å²) in [4.78, 5) is 0. The maximum Gasteiger partial charge on any atom is 0.145 e. The highest BCUT2D eigenvalue weighted by molar-refractivity contribution is 5.28. The Morgan fingerprint density at radius 1 is 1.25 bits per heavy atom. The van der Waals surface area contributed by atoms with Gasteiger partial charge in [0, 0.05) is 13.1 Å². The van der Waals surface area contributed by atoms with Crippen molar-refractivity contribution in [1.82, 2.24) is 9.78 Å². The fraction of sp³-hybridized carbons (Fsp3) is 0.250. The third-order valence-electron chi connectivity index (χ3n) is 2.36. The van der Waals surface area contributed by atoms with Crippen LogP contribution in [0.2, 0.25) is 0 Å². The number of anilines is 1. The van der Waals surface area contributed by atoms with Crippen LogP contribution in [0.5, 0.6) is 0 Å². The first-order chi connectivity index (χ1) is 7.75. The average molecular weight is 217 g/mol. The van der Waals surface area contributed by atoms with Gasteiger partial charge in [-0.2, -0.15) is 5.10 Å². The van der Waals surface area contributed by atoms with Crippen LogP contribution in [0.25, 0.3) is 0 Å². The van der Waals surface area contributed by atoms with E-state index >= 15 is 0 Å². The fourth-order valence-electron chi connectivity index (χ4n) is 1.51. The average Bonchev–Trinajstić information content (AvgIpc) is 2.59. The second-order valence-corrected chi connectivity index (χ2v) is 3.66. The monoisotopic (exact) mass is 217 g/mol. The van der Waals surface area contributed by atoms with Crippen molar-refractivity contribution in [3.63, 3.8) is 0 Å². The maximum absolute atomic E-state index is 5.58. The Morgan fingerprint density at radius 2 is 2.00 bits per heavy atom. The predicted octanol–water partition coefficient (Wildman–Crippen LogP) is 1.72. The minimum Gasteiger partial charge on any atom is -0.382 e. The summed E-state index contributed by atoms with van der Waals surface area (Å²) in [6.45, 7) is 1.13. The standard InChI is InChI=1S/C12H15N3O/c1-15-11(7-12(13)14-15)9-16-8-10-5-3-2-4-6-10/h2-7H,8-9H2,1H3,(H2,13,14). The summed E-state index contributed by atoms with van der Waals surface area (Å²) in [6.07, 6.45) is 0. The molecule has 2 rings (SSSR count). The van der Waals surface area contributed by atoms with Gasteiger partial charge in [0.05, 0.1) is 18.9 Å². The van der Waals surface area contributed by atoms with Gasteiger partial charge in [-0.15, -0.1) is 0 Å². The third kappa shape index (κ3) is 2.61. The number of rotatable bonds is 4. The van der Waals surface area contributed by atoms with Crippen molar-refractivity contribution in [3.8, 4) is 0 Å². The van der Waals surface area contributed by atoms with Crippen molar-refractivity contribution in [1.29, 1.82) is 0 Å². The number of hydrogen-bond donors (Lipinski definition) is 1. The number of nitrogen functional groups attached to an aromatic ring is 1. The van der Waals surface area contributed by atoms with Gasteiger partial charge in [-0.3, -0.25) is 4.68 Å². The first-order valence-corrected chi connectivity index (χ1v) is 5.16. The summed E-state index contributed by atoms with van der Waals surface area (Å²) in [5, 5.41) is 4.05. The first-order valence-electron chi connectivity index (χ1n) is 5.16. The van der Waals surface area contributed by atoms with E-state index in [2.05, 4.69) is 5.10 Å². The van der Waals surface area contributed by atoms with Crippen molar-refractivity contribution >= 4 is 5.82 Å². The van der Waals surface area contributed by atoms with Crippen LogP contribution in [0.4, 0.5) is 5.82 Å². The van der Waals surface area contributed by atoms with Crippen LogP contribution in [0, 0.1) is 0 Å². The van der Waals surface area contributed by atoms with Gasteiger partial charge in [-0.05, 0) is 5.56 Å². The van der Waals surface area contributed by atoms with E-state index in [0.717, 1.165) is 11.3 Å². The zero-order chi connectivity index (χ0) is 11.4. The molecule has 1 aromatic heterocycles. The predicted molar refractivity (Wildman–Crippen MR) is 62.6 cm³/mol. The summed E-state index contributed by atoms with van der Waals surface area (Å²) >= 11 is 0. The van der Waals surface area contributed by atoms with E-state index in [9.17, 15) is 0 Å². The summed E-state index contributed by atoms with van der Waals surface area (Å²) < 4.78 is 7.32. The Kier molecular flexibility index (Phi) is 3.22. The largest absolute Gasteiger partial charge is 0.382 e. The fourth-order valence-corrected chi connectivity index (χ4v) is 1.51. The van der Waals surface area contributed by atoms with E-state index in [-0.39, 0.29) is 0 Å². The summed E-state index contributed by atoms with van der Waals surface area (Å²) in [5.41, 5.74) is 7.72. The topological polar surface area (TPSA) is 53.1 Å². The van der Waals surface area contributed by atoms with Crippen LogP contribution >= 0.6 is 0 Å². The Bertz CT molecular complexity index is 451. The molecule has 4 heteroatoms. The molecule has 4 nitrogen and oxygen atoms in total. The highest BCUT2D eigenvalue weighted by Gasteiger charge is 2.02. The van der Waals surface area contributed by atoms with Gasteiger partial charge in [0.2, 0.25) is 0 Å². The zero-order valence-electron chi connectivity index (χ0n) is 9.26. The Labute approximate surface area is 94.6 Å². The number of hydrogen-bond acceptors (Lipinski definition) is 3. The summed E-state index contributed by atoms with van der Waals surface area (Å²) in [5.74, 6) is 0.529. The molecule has 0 bridgehead atoms. The number of ether oxygens (including phenoxy) is 1. The van der Waals surface area contributed by atoms with Crippen molar-refractivity contribution in [2.75, 3.05) is 5.73 Å². The first kappa shape index (κ1) is 10.7. The van der Waals surface area contributed by atoms with Crippen LogP contribution in [0.15, 0.2) is 36.4 Å². The minimum atomic E-state index is 0.523. The molecule has 0 spiro atoms.